The van der Waals surface area contributed by atoms with E-state index >= 15 is 0 Å². The summed E-state index contributed by atoms with van der Waals surface area (Å²) in [6.45, 7) is 0. The van der Waals surface area contributed by atoms with Crippen molar-refractivity contribution in [2.75, 3.05) is 0 Å². The molecule has 12 nitrogen and oxygen atoms in total. The van der Waals surface area contributed by atoms with Crippen LogP contribution in [-0.4, -0.2) is 29.8 Å². The van der Waals surface area contributed by atoms with Crippen molar-refractivity contribution < 1.29 is 19.9 Å². The fraction of sp³-hybridized carbons (Fsp3) is 0. The third kappa shape index (κ3) is 4.16. The van der Waals surface area contributed by atoms with Crippen molar-refractivity contribution in [2.45, 2.75) is 0 Å². The Bertz CT molecular complexity index is 644. The number of hydrogen-bond acceptors (Lipinski definition) is 9. The van der Waals surface area contributed by atoms with Crippen molar-refractivity contribution in [1.82, 2.24) is 9.97 Å². The molecule has 22 heavy (non-hydrogen) atoms. The fourth-order valence-electron chi connectivity index (χ4n) is 1.23. The summed E-state index contributed by atoms with van der Waals surface area (Å²) in [4.78, 5) is 35.1. The van der Waals surface area contributed by atoms with Crippen LogP contribution in [-0.2, 0) is 0 Å². The molecule has 0 atom stereocenters. The van der Waals surface area contributed by atoms with Crippen LogP contribution < -0.4 is 0 Å². The number of nitro groups is 3. The molecule has 0 aliphatic heterocycles. The van der Waals surface area contributed by atoms with E-state index in [0.717, 1.165) is 0 Å². The van der Waals surface area contributed by atoms with Gasteiger partial charge in [-0.15, -0.1) is 0 Å². The van der Waals surface area contributed by atoms with Gasteiger partial charge in [0.05, 0.1) is 26.9 Å². The number of hydrogen-bond donors (Lipinski definition) is 1. The maximum atomic E-state index is 10.4. The van der Waals surface area contributed by atoms with E-state index < -0.39 is 37.6 Å². The highest BCUT2D eigenvalue weighted by atomic mass is 16.6. The van der Waals surface area contributed by atoms with Crippen molar-refractivity contribution in [1.29, 1.82) is 0 Å². The number of rotatable bonds is 3. The number of nitro benzene ring substituents is 3. The van der Waals surface area contributed by atoms with Crippen LogP contribution >= 0.6 is 0 Å². The van der Waals surface area contributed by atoms with Crippen LogP contribution in [0.3, 0.4) is 0 Å². The fourth-order valence-corrected chi connectivity index (χ4v) is 1.23. The molecular weight excluding hydrogens is 302 g/mol. The quantitative estimate of drug-likeness (QED) is 0.651. The molecule has 0 saturated heterocycles. The summed E-state index contributed by atoms with van der Waals surface area (Å²) >= 11 is 0. The molecular formula is C10H7N5O7. The second-order valence-electron chi connectivity index (χ2n) is 3.51. The highest BCUT2D eigenvalue weighted by Crippen LogP contribution is 2.38. The molecule has 1 aromatic heterocycles. The van der Waals surface area contributed by atoms with E-state index in [1.54, 1.807) is 18.5 Å². The maximum absolute atomic E-state index is 10.4. The Morgan fingerprint density at radius 1 is 0.864 bits per heavy atom. The van der Waals surface area contributed by atoms with Gasteiger partial charge in [0, 0.05) is 12.4 Å². The number of phenolic OH excluding ortho intramolecular Hbond substituents is 1. The SMILES string of the molecule is O=[N+]([O-])c1cc([N+](=O)[O-])c(O)c([N+](=O)[O-])c1.c1cncnc1. The lowest BCUT2D eigenvalue weighted by Gasteiger charge is -1.97. The second kappa shape index (κ2) is 7.18. The minimum Gasteiger partial charge on any atom is -0.497 e. The van der Waals surface area contributed by atoms with Gasteiger partial charge in [0.25, 0.3) is 11.4 Å². The number of phenols is 1. The standard InChI is InChI=1S/C6H3N3O7.C4H4N2/c10-6-4(8(13)14)1-3(7(11)12)2-5(6)9(15)16;1-2-5-4-6-3-1/h1-2,10H;1-4H. The van der Waals surface area contributed by atoms with Crippen LogP contribution in [0.4, 0.5) is 17.1 Å². The van der Waals surface area contributed by atoms with E-state index in [-0.39, 0.29) is 0 Å². The number of non-ortho nitro benzene ring substituents is 1. The molecule has 0 saturated carbocycles. The van der Waals surface area contributed by atoms with E-state index in [2.05, 4.69) is 9.97 Å². The first-order chi connectivity index (χ1) is 10.3. The smallest absolute Gasteiger partial charge is 0.324 e. The molecule has 0 fully saturated rings. The van der Waals surface area contributed by atoms with Gasteiger partial charge in [-0.3, -0.25) is 30.3 Å². The summed E-state index contributed by atoms with van der Waals surface area (Å²) in [5.74, 6) is -1.21. The minimum absolute atomic E-state index is 0.447. The van der Waals surface area contributed by atoms with Crippen LogP contribution in [0.5, 0.6) is 5.75 Å². The van der Waals surface area contributed by atoms with E-state index in [1.165, 1.54) is 6.33 Å². The first-order valence-corrected chi connectivity index (χ1v) is 5.34. The lowest BCUT2D eigenvalue weighted by Crippen LogP contribution is -1.97. The molecule has 0 aliphatic carbocycles. The molecule has 0 unspecified atom stereocenters. The van der Waals surface area contributed by atoms with Gasteiger partial charge in [0.15, 0.2) is 0 Å². The van der Waals surface area contributed by atoms with Gasteiger partial charge >= 0.3 is 11.4 Å². The Kier molecular flexibility index (Phi) is 5.34. The van der Waals surface area contributed by atoms with Crippen molar-refractivity contribution >= 4 is 17.1 Å². The normalized spacial score (nSPS) is 9.27. The third-order valence-corrected chi connectivity index (χ3v) is 2.14. The molecule has 0 spiro atoms. The van der Waals surface area contributed by atoms with Gasteiger partial charge in [-0.05, 0) is 6.07 Å². The molecule has 2 rings (SSSR count). The maximum Gasteiger partial charge on any atom is 0.324 e. The summed E-state index contributed by atoms with van der Waals surface area (Å²) in [6, 6.07) is 2.67. The molecule has 1 N–H and O–H groups in total. The van der Waals surface area contributed by atoms with Crippen LogP contribution in [0.25, 0.3) is 0 Å². The third-order valence-electron chi connectivity index (χ3n) is 2.14. The molecule has 1 aromatic carbocycles. The molecule has 0 aliphatic rings. The van der Waals surface area contributed by atoms with Crippen LogP contribution in [0.1, 0.15) is 0 Å². The highest BCUT2D eigenvalue weighted by Gasteiger charge is 2.30. The van der Waals surface area contributed by atoms with Crippen molar-refractivity contribution in [3.05, 3.63) is 67.3 Å². The Balaban J connectivity index is 0.000000335. The Labute approximate surface area is 121 Å². The summed E-state index contributed by atoms with van der Waals surface area (Å²) < 4.78 is 0. The van der Waals surface area contributed by atoms with Crippen LogP contribution in [0.15, 0.2) is 36.9 Å². The number of aromatic nitrogens is 2. The Morgan fingerprint density at radius 2 is 1.32 bits per heavy atom. The summed E-state index contributed by atoms with van der Waals surface area (Å²) in [5, 5.41) is 40.2. The minimum atomic E-state index is -1.21. The highest BCUT2D eigenvalue weighted by molar-refractivity contribution is 5.64. The molecule has 0 bridgehead atoms. The number of nitrogens with zero attached hydrogens (tertiary/aromatic N) is 5. The lowest BCUT2D eigenvalue weighted by atomic mass is 10.2. The zero-order valence-electron chi connectivity index (χ0n) is 10.6. The largest absolute Gasteiger partial charge is 0.497 e. The van der Waals surface area contributed by atoms with Crippen molar-refractivity contribution in [2.24, 2.45) is 0 Å². The van der Waals surface area contributed by atoms with E-state index in [0.29, 0.717) is 12.1 Å². The molecule has 2 aromatic rings. The average Bonchev–Trinajstić information content (AvgIpc) is 2.49. The Morgan fingerprint density at radius 3 is 1.55 bits per heavy atom. The first-order valence-electron chi connectivity index (χ1n) is 5.34. The second-order valence-corrected chi connectivity index (χ2v) is 3.51. The van der Waals surface area contributed by atoms with Crippen LogP contribution in [0.2, 0.25) is 0 Å². The van der Waals surface area contributed by atoms with E-state index in [1.807, 2.05) is 0 Å². The van der Waals surface area contributed by atoms with Crippen LogP contribution in [0, 0.1) is 30.3 Å². The monoisotopic (exact) mass is 309 g/mol. The van der Waals surface area contributed by atoms with Gasteiger partial charge in [-0.2, -0.15) is 0 Å². The van der Waals surface area contributed by atoms with Crippen molar-refractivity contribution in [3.63, 3.8) is 0 Å². The lowest BCUT2D eigenvalue weighted by molar-refractivity contribution is -0.404. The molecule has 114 valence electrons. The molecule has 0 radical (unpaired) electrons. The summed E-state index contributed by atoms with van der Waals surface area (Å²) in [5.41, 5.74) is -3.00. The predicted molar refractivity (Wildman–Crippen MR) is 70.1 cm³/mol. The predicted octanol–water partition coefficient (Wildman–Crippen LogP) is 1.59. The van der Waals surface area contributed by atoms with E-state index in [4.69, 9.17) is 5.11 Å². The molecule has 1 heterocycles. The summed E-state index contributed by atoms with van der Waals surface area (Å²) in [6.07, 6.45) is 4.88. The summed E-state index contributed by atoms with van der Waals surface area (Å²) in [7, 11) is 0. The number of aromatic hydroxyl groups is 1. The van der Waals surface area contributed by atoms with Gasteiger partial charge < -0.3 is 5.11 Å². The average molecular weight is 309 g/mol. The van der Waals surface area contributed by atoms with E-state index in [9.17, 15) is 30.3 Å². The zero-order valence-corrected chi connectivity index (χ0v) is 10.6. The van der Waals surface area contributed by atoms with Crippen molar-refractivity contribution in [3.8, 4) is 5.75 Å². The van der Waals surface area contributed by atoms with Gasteiger partial charge in [-0.1, -0.05) is 0 Å². The van der Waals surface area contributed by atoms with Gasteiger partial charge in [0.2, 0.25) is 0 Å². The van der Waals surface area contributed by atoms with Gasteiger partial charge in [0.1, 0.15) is 6.33 Å². The molecule has 12 heteroatoms. The topological polar surface area (TPSA) is 175 Å². The zero-order chi connectivity index (χ0) is 16.7. The van der Waals surface area contributed by atoms with Gasteiger partial charge in [-0.25, -0.2) is 9.97 Å². The molecule has 0 amide bonds. The Hall–Kier alpha value is -3.70. The first kappa shape index (κ1) is 16.4. The number of benzene rings is 1.